The predicted octanol–water partition coefficient (Wildman–Crippen LogP) is 3.99. The van der Waals surface area contributed by atoms with Crippen molar-refractivity contribution in [2.24, 2.45) is 4.99 Å². The molecule has 0 N–H and O–H groups in total. The van der Waals surface area contributed by atoms with Crippen molar-refractivity contribution in [1.29, 1.82) is 0 Å². The molecule has 1 aliphatic rings. The summed E-state index contributed by atoms with van der Waals surface area (Å²) in [6.45, 7) is 8.49. The minimum Gasteiger partial charge on any atom is -0.490 e. The van der Waals surface area contributed by atoms with Gasteiger partial charge in [0.25, 0.3) is 5.91 Å². The monoisotopic (exact) mass is 436 g/mol. The van der Waals surface area contributed by atoms with Gasteiger partial charge in [-0.05, 0) is 44.5 Å². The maximum Gasteiger partial charge on any atom is 0.302 e. The third-order valence-corrected chi connectivity index (χ3v) is 4.75. The molecule has 0 saturated carbocycles. The Hall–Kier alpha value is -3.61. The first-order valence-electron chi connectivity index (χ1n) is 10.6. The highest BCUT2D eigenvalue weighted by Gasteiger charge is 2.31. The molecule has 0 fully saturated rings. The molecule has 0 aliphatic carbocycles. The van der Waals surface area contributed by atoms with Gasteiger partial charge in [0.2, 0.25) is 0 Å². The Kier molecular flexibility index (Phi) is 7.65. The first-order chi connectivity index (χ1) is 15.4. The van der Waals surface area contributed by atoms with E-state index in [2.05, 4.69) is 4.99 Å². The molecular weight excluding hydrogens is 408 g/mol. The van der Waals surface area contributed by atoms with E-state index in [9.17, 15) is 9.59 Å². The largest absolute Gasteiger partial charge is 0.490 e. The average molecular weight is 437 g/mol. The number of hydrogen-bond acceptors (Lipinski definition) is 6. The van der Waals surface area contributed by atoms with Crippen LogP contribution < -0.4 is 9.47 Å². The minimum absolute atomic E-state index is 0.0940. The summed E-state index contributed by atoms with van der Waals surface area (Å²) in [5.41, 5.74) is 3.00. The highest BCUT2D eigenvalue weighted by Crippen LogP contribution is 2.30. The van der Waals surface area contributed by atoms with Gasteiger partial charge < -0.3 is 14.2 Å². The van der Waals surface area contributed by atoms with Crippen LogP contribution in [0, 0.1) is 6.92 Å². The van der Waals surface area contributed by atoms with Gasteiger partial charge in [-0.2, -0.15) is 0 Å². The number of carbonyl (C=O) groups is 2. The first kappa shape index (κ1) is 23.1. The highest BCUT2D eigenvalue weighted by molar-refractivity contribution is 6.19. The van der Waals surface area contributed by atoms with Crippen LogP contribution in [0.4, 0.5) is 0 Å². The highest BCUT2D eigenvalue weighted by atomic mass is 16.5. The molecule has 7 heteroatoms. The van der Waals surface area contributed by atoms with E-state index in [-0.39, 0.29) is 25.0 Å². The molecule has 7 nitrogen and oxygen atoms in total. The molecule has 0 unspecified atom stereocenters. The number of esters is 1. The Morgan fingerprint density at radius 2 is 1.72 bits per heavy atom. The van der Waals surface area contributed by atoms with Crippen molar-refractivity contribution in [2.45, 2.75) is 27.7 Å². The third kappa shape index (κ3) is 5.55. The van der Waals surface area contributed by atoms with Crippen LogP contribution in [0.1, 0.15) is 37.5 Å². The lowest BCUT2D eigenvalue weighted by Gasteiger charge is -2.18. The molecule has 3 rings (SSSR count). The van der Waals surface area contributed by atoms with Crippen molar-refractivity contribution in [3.05, 3.63) is 64.9 Å². The molecule has 2 aromatic rings. The van der Waals surface area contributed by atoms with Crippen molar-refractivity contribution in [3.8, 4) is 11.5 Å². The fourth-order valence-electron chi connectivity index (χ4n) is 3.28. The summed E-state index contributed by atoms with van der Waals surface area (Å²) in [5, 5.41) is 0. The fourth-order valence-corrected chi connectivity index (χ4v) is 3.28. The number of benzene rings is 2. The maximum atomic E-state index is 13.2. The fraction of sp³-hybridized carbons (Fsp3) is 0.320. The summed E-state index contributed by atoms with van der Waals surface area (Å²) in [6.07, 6.45) is 1.72. The van der Waals surface area contributed by atoms with Gasteiger partial charge in [0, 0.05) is 12.5 Å². The average Bonchev–Trinajstić information content (AvgIpc) is 3.06. The van der Waals surface area contributed by atoms with E-state index in [0.717, 1.165) is 16.7 Å². The summed E-state index contributed by atoms with van der Waals surface area (Å²) >= 11 is 0. The van der Waals surface area contributed by atoms with Crippen LogP contribution in [0.2, 0.25) is 0 Å². The zero-order valence-corrected chi connectivity index (χ0v) is 18.9. The molecular formula is C25H28N2O5. The van der Waals surface area contributed by atoms with E-state index in [1.807, 2.05) is 63.2 Å². The molecule has 1 aliphatic heterocycles. The van der Waals surface area contributed by atoms with Crippen LogP contribution in [-0.2, 0) is 14.3 Å². The van der Waals surface area contributed by atoms with Crippen molar-refractivity contribution < 1.29 is 23.8 Å². The Labute approximate surface area is 188 Å². The van der Waals surface area contributed by atoms with Crippen LogP contribution in [0.3, 0.4) is 0 Å². The standard InChI is InChI=1S/C25H28N2O5/c1-5-30-22-12-9-19(16-23(22)31-6-2)15-21-25(29)27(13-14-32-18(4)28)24(26-21)20-10-7-17(3)8-11-20/h7-12,15-16H,5-6,13-14H2,1-4H3. The lowest BCUT2D eigenvalue weighted by atomic mass is 10.1. The topological polar surface area (TPSA) is 77.4 Å². The summed E-state index contributed by atoms with van der Waals surface area (Å²) in [7, 11) is 0. The number of amidine groups is 1. The third-order valence-electron chi connectivity index (χ3n) is 4.75. The Bertz CT molecular complexity index is 1040. The number of ether oxygens (including phenoxy) is 3. The van der Waals surface area contributed by atoms with E-state index in [0.29, 0.717) is 36.2 Å². The van der Waals surface area contributed by atoms with Crippen LogP contribution in [0.5, 0.6) is 11.5 Å². The zero-order chi connectivity index (χ0) is 23.1. The number of aryl methyl sites for hydroxylation is 1. The van der Waals surface area contributed by atoms with Crippen molar-refractivity contribution in [1.82, 2.24) is 4.90 Å². The number of amides is 1. The van der Waals surface area contributed by atoms with Gasteiger partial charge in [0.15, 0.2) is 11.5 Å². The Morgan fingerprint density at radius 3 is 2.38 bits per heavy atom. The lowest BCUT2D eigenvalue weighted by molar-refractivity contribution is -0.142. The SMILES string of the molecule is CCOc1ccc(C=C2N=C(c3ccc(C)cc3)N(CCOC(C)=O)C2=O)cc1OCC. The number of carbonyl (C=O) groups excluding carboxylic acids is 2. The van der Waals surface area contributed by atoms with Crippen LogP contribution >= 0.6 is 0 Å². The lowest BCUT2D eigenvalue weighted by Crippen LogP contribution is -2.35. The van der Waals surface area contributed by atoms with E-state index in [1.54, 1.807) is 6.08 Å². The molecule has 0 bridgehead atoms. The smallest absolute Gasteiger partial charge is 0.302 e. The second kappa shape index (κ2) is 10.6. The molecule has 0 radical (unpaired) electrons. The van der Waals surface area contributed by atoms with Crippen molar-refractivity contribution >= 4 is 23.8 Å². The predicted molar refractivity (Wildman–Crippen MR) is 123 cm³/mol. The summed E-state index contributed by atoms with van der Waals surface area (Å²) < 4.78 is 16.3. The summed E-state index contributed by atoms with van der Waals surface area (Å²) in [6, 6.07) is 13.3. The molecule has 168 valence electrons. The second-order valence-electron chi connectivity index (χ2n) is 7.20. The van der Waals surface area contributed by atoms with E-state index in [4.69, 9.17) is 14.2 Å². The number of hydrogen-bond donors (Lipinski definition) is 0. The summed E-state index contributed by atoms with van der Waals surface area (Å²) in [5.74, 6) is 1.16. The second-order valence-corrected chi connectivity index (χ2v) is 7.20. The van der Waals surface area contributed by atoms with E-state index < -0.39 is 0 Å². The van der Waals surface area contributed by atoms with Crippen LogP contribution in [0.25, 0.3) is 6.08 Å². The molecule has 1 heterocycles. The quantitative estimate of drug-likeness (QED) is 0.439. The molecule has 0 saturated heterocycles. The number of rotatable bonds is 9. The van der Waals surface area contributed by atoms with Gasteiger partial charge >= 0.3 is 5.97 Å². The number of aliphatic imine (C=N–C) groups is 1. The minimum atomic E-state index is -0.390. The maximum absolute atomic E-state index is 13.2. The molecule has 0 spiro atoms. The Balaban J connectivity index is 1.95. The Morgan fingerprint density at radius 1 is 1.03 bits per heavy atom. The molecule has 0 aromatic heterocycles. The van der Waals surface area contributed by atoms with Crippen molar-refractivity contribution in [3.63, 3.8) is 0 Å². The van der Waals surface area contributed by atoms with Gasteiger partial charge in [-0.3, -0.25) is 14.5 Å². The first-order valence-corrected chi connectivity index (χ1v) is 10.6. The summed E-state index contributed by atoms with van der Waals surface area (Å²) in [4.78, 5) is 30.5. The van der Waals surface area contributed by atoms with Gasteiger partial charge in [0.05, 0.1) is 19.8 Å². The molecule has 32 heavy (non-hydrogen) atoms. The van der Waals surface area contributed by atoms with Gasteiger partial charge in [0.1, 0.15) is 18.1 Å². The number of nitrogens with zero attached hydrogens (tertiary/aromatic N) is 2. The van der Waals surface area contributed by atoms with Crippen molar-refractivity contribution in [2.75, 3.05) is 26.4 Å². The molecule has 0 atom stereocenters. The van der Waals surface area contributed by atoms with Crippen LogP contribution in [0.15, 0.2) is 53.2 Å². The van der Waals surface area contributed by atoms with E-state index >= 15 is 0 Å². The normalized spacial score (nSPS) is 14.5. The van der Waals surface area contributed by atoms with Gasteiger partial charge in [-0.1, -0.05) is 35.9 Å². The molecule has 1 amide bonds. The molecule has 2 aromatic carbocycles. The van der Waals surface area contributed by atoms with Gasteiger partial charge in [-0.15, -0.1) is 0 Å². The zero-order valence-electron chi connectivity index (χ0n) is 18.9. The van der Waals surface area contributed by atoms with Gasteiger partial charge in [-0.25, -0.2) is 4.99 Å². The van der Waals surface area contributed by atoms with Crippen LogP contribution in [-0.4, -0.2) is 49.0 Å². The van der Waals surface area contributed by atoms with E-state index in [1.165, 1.54) is 11.8 Å².